The summed E-state index contributed by atoms with van der Waals surface area (Å²) in [5.41, 5.74) is 7.14. The molecule has 1 aliphatic carbocycles. The highest BCUT2D eigenvalue weighted by atomic mass is 16.3. The average Bonchev–Trinajstić information content (AvgIpc) is 3.33. The van der Waals surface area contributed by atoms with Gasteiger partial charge in [-0.1, -0.05) is 30.9 Å². The standard InChI is InChI=1S/C31H27N5O/c1-2-20-19-36(25-10-7-22(17-32)29(16-25)35-24-8-11-26(37)12-9-24)31-30(20)27(13-14-33-31)23-15-21-5-3-4-6-28(21)34-18-23/h2-7,10,13-16,18-19,24,26,35,37H,1,8-9,11-12H2. The van der Waals surface area contributed by atoms with Gasteiger partial charge in [-0.2, -0.15) is 5.26 Å². The molecule has 5 aromatic rings. The first-order valence-electron chi connectivity index (χ1n) is 12.6. The molecule has 3 aromatic heterocycles. The molecule has 1 aliphatic rings. The number of para-hydroxylation sites is 1. The Hall–Kier alpha value is -4.47. The van der Waals surface area contributed by atoms with Crippen LogP contribution >= 0.6 is 0 Å². The fourth-order valence-corrected chi connectivity index (χ4v) is 5.33. The molecule has 0 saturated heterocycles. The third-order valence-corrected chi connectivity index (χ3v) is 7.30. The van der Waals surface area contributed by atoms with Crippen LogP contribution in [0.5, 0.6) is 0 Å². The number of hydrogen-bond donors (Lipinski definition) is 2. The fraction of sp³-hybridized carbons (Fsp3) is 0.194. The van der Waals surface area contributed by atoms with Gasteiger partial charge in [0.05, 0.1) is 22.9 Å². The van der Waals surface area contributed by atoms with Gasteiger partial charge in [-0.15, -0.1) is 0 Å². The van der Waals surface area contributed by atoms with Crippen LogP contribution in [0.4, 0.5) is 5.69 Å². The summed E-state index contributed by atoms with van der Waals surface area (Å²) in [5.74, 6) is 0. The number of anilines is 1. The first-order chi connectivity index (χ1) is 18.1. The van der Waals surface area contributed by atoms with Crippen molar-refractivity contribution in [2.24, 2.45) is 0 Å². The summed E-state index contributed by atoms with van der Waals surface area (Å²) >= 11 is 0. The number of pyridine rings is 2. The van der Waals surface area contributed by atoms with E-state index in [1.54, 1.807) is 0 Å². The van der Waals surface area contributed by atoms with E-state index in [1.807, 2.05) is 67.1 Å². The highest BCUT2D eigenvalue weighted by Gasteiger charge is 2.21. The van der Waals surface area contributed by atoms with Crippen molar-refractivity contribution in [1.82, 2.24) is 14.5 Å². The minimum atomic E-state index is -0.221. The quantitative estimate of drug-likeness (QED) is 0.298. The SMILES string of the molecule is C=Cc1cn(-c2ccc(C#N)c(NC3CCC(O)CC3)c2)c2nccc(-c3cnc4ccccc4c3)c12. The smallest absolute Gasteiger partial charge is 0.145 e. The van der Waals surface area contributed by atoms with Crippen molar-refractivity contribution < 1.29 is 5.11 Å². The lowest BCUT2D eigenvalue weighted by Crippen LogP contribution is -2.28. The highest BCUT2D eigenvalue weighted by Crippen LogP contribution is 2.35. The molecule has 3 heterocycles. The van der Waals surface area contributed by atoms with Crippen LogP contribution in [0.1, 0.15) is 36.8 Å². The van der Waals surface area contributed by atoms with Gasteiger partial charge in [-0.25, -0.2) is 4.98 Å². The summed E-state index contributed by atoms with van der Waals surface area (Å²) in [6.07, 6.45) is 10.7. The van der Waals surface area contributed by atoms with E-state index < -0.39 is 0 Å². The van der Waals surface area contributed by atoms with Crippen molar-refractivity contribution in [3.8, 4) is 22.9 Å². The van der Waals surface area contributed by atoms with Crippen molar-refractivity contribution in [2.45, 2.75) is 37.8 Å². The van der Waals surface area contributed by atoms with E-state index in [1.165, 1.54) is 0 Å². The molecule has 2 aromatic carbocycles. The molecule has 0 radical (unpaired) electrons. The number of benzene rings is 2. The molecule has 0 unspecified atom stereocenters. The maximum absolute atomic E-state index is 9.87. The molecule has 6 heteroatoms. The molecular weight excluding hydrogens is 458 g/mol. The molecule has 2 N–H and O–H groups in total. The summed E-state index contributed by atoms with van der Waals surface area (Å²) in [4.78, 5) is 9.42. The molecular formula is C31H27N5O. The van der Waals surface area contributed by atoms with Gasteiger partial charge in [0, 0.05) is 52.2 Å². The van der Waals surface area contributed by atoms with E-state index in [0.717, 1.165) is 75.7 Å². The van der Waals surface area contributed by atoms with E-state index in [9.17, 15) is 10.4 Å². The molecule has 182 valence electrons. The lowest BCUT2D eigenvalue weighted by Gasteiger charge is -2.27. The number of rotatable bonds is 5. The van der Waals surface area contributed by atoms with Crippen LogP contribution in [-0.4, -0.2) is 31.8 Å². The van der Waals surface area contributed by atoms with Gasteiger partial charge < -0.3 is 15.0 Å². The second-order valence-electron chi connectivity index (χ2n) is 9.62. The number of nitrogens with one attached hydrogen (secondary N) is 1. The van der Waals surface area contributed by atoms with Crippen LogP contribution in [0, 0.1) is 11.3 Å². The van der Waals surface area contributed by atoms with Gasteiger partial charge in [0.15, 0.2) is 0 Å². The van der Waals surface area contributed by atoms with Crippen LogP contribution < -0.4 is 5.32 Å². The van der Waals surface area contributed by atoms with Crippen LogP contribution in [0.15, 0.2) is 79.8 Å². The maximum Gasteiger partial charge on any atom is 0.145 e. The van der Waals surface area contributed by atoms with Gasteiger partial charge in [-0.05, 0) is 67.6 Å². The Bertz CT molecular complexity index is 1670. The summed E-state index contributed by atoms with van der Waals surface area (Å²) in [6, 6.07) is 20.6. The third-order valence-electron chi connectivity index (χ3n) is 7.30. The molecule has 0 bridgehead atoms. The van der Waals surface area contributed by atoms with E-state index in [2.05, 4.69) is 39.6 Å². The average molecular weight is 486 g/mol. The Morgan fingerprint density at radius 1 is 1.05 bits per heavy atom. The minimum absolute atomic E-state index is 0.221. The zero-order valence-corrected chi connectivity index (χ0v) is 20.4. The van der Waals surface area contributed by atoms with Crippen LogP contribution in [0.3, 0.4) is 0 Å². The van der Waals surface area contributed by atoms with Gasteiger partial charge in [0.25, 0.3) is 0 Å². The van der Waals surface area contributed by atoms with Crippen LogP contribution in [0.25, 0.3) is 44.8 Å². The molecule has 0 amide bonds. The molecule has 0 atom stereocenters. The van der Waals surface area contributed by atoms with Gasteiger partial charge >= 0.3 is 0 Å². The zero-order chi connectivity index (χ0) is 25.4. The maximum atomic E-state index is 9.87. The number of nitriles is 1. The second-order valence-corrected chi connectivity index (χ2v) is 9.62. The molecule has 37 heavy (non-hydrogen) atoms. The normalized spacial score (nSPS) is 17.5. The largest absolute Gasteiger partial charge is 0.393 e. The number of aliphatic hydroxyl groups is 1. The fourth-order valence-electron chi connectivity index (χ4n) is 5.33. The predicted octanol–water partition coefficient (Wildman–Crippen LogP) is 6.47. The highest BCUT2D eigenvalue weighted by molar-refractivity contribution is 6.01. The topological polar surface area (TPSA) is 86.8 Å². The molecule has 0 spiro atoms. The first kappa shape index (κ1) is 23.0. The number of hydrogen-bond acceptors (Lipinski definition) is 5. The molecule has 1 fully saturated rings. The molecule has 6 nitrogen and oxygen atoms in total. The Morgan fingerprint density at radius 2 is 1.89 bits per heavy atom. The van der Waals surface area contributed by atoms with Crippen LogP contribution in [-0.2, 0) is 0 Å². The van der Waals surface area contributed by atoms with E-state index in [-0.39, 0.29) is 12.1 Å². The summed E-state index contributed by atoms with van der Waals surface area (Å²) in [6.45, 7) is 4.07. The van der Waals surface area contributed by atoms with Crippen molar-refractivity contribution in [3.05, 3.63) is 90.9 Å². The van der Waals surface area contributed by atoms with E-state index in [4.69, 9.17) is 4.98 Å². The number of fused-ring (bicyclic) bond motifs is 2. The summed E-state index contributed by atoms with van der Waals surface area (Å²) in [5, 5.41) is 25.3. The van der Waals surface area contributed by atoms with Gasteiger partial charge in [0.1, 0.15) is 11.7 Å². The minimum Gasteiger partial charge on any atom is -0.393 e. The van der Waals surface area contributed by atoms with Gasteiger partial charge in [-0.3, -0.25) is 4.98 Å². The lowest BCUT2D eigenvalue weighted by molar-refractivity contribution is 0.126. The van der Waals surface area contributed by atoms with Crippen LogP contribution in [0.2, 0.25) is 0 Å². The van der Waals surface area contributed by atoms with Gasteiger partial charge in [0.2, 0.25) is 0 Å². The van der Waals surface area contributed by atoms with E-state index in [0.29, 0.717) is 5.56 Å². The second kappa shape index (κ2) is 9.53. The Morgan fingerprint density at radius 3 is 2.70 bits per heavy atom. The summed E-state index contributed by atoms with van der Waals surface area (Å²) < 4.78 is 2.06. The Labute approximate surface area is 215 Å². The van der Waals surface area contributed by atoms with Crippen molar-refractivity contribution >= 4 is 33.7 Å². The number of aliphatic hydroxyl groups excluding tert-OH is 1. The summed E-state index contributed by atoms with van der Waals surface area (Å²) in [7, 11) is 0. The zero-order valence-electron chi connectivity index (χ0n) is 20.4. The van der Waals surface area contributed by atoms with E-state index >= 15 is 0 Å². The van der Waals surface area contributed by atoms with Crippen molar-refractivity contribution in [2.75, 3.05) is 5.32 Å². The third kappa shape index (κ3) is 4.24. The number of nitrogens with zero attached hydrogens (tertiary/aromatic N) is 4. The molecule has 0 aliphatic heterocycles. The van der Waals surface area contributed by atoms with Crippen molar-refractivity contribution in [3.63, 3.8) is 0 Å². The molecule has 1 saturated carbocycles. The lowest BCUT2D eigenvalue weighted by atomic mass is 9.93. The Balaban J connectivity index is 1.45. The Kier molecular flexibility index (Phi) is 5.91. The predicted molar refractivity (Wildman–Crippen MR) is 148 cm³/mol. The first-order valence-corrected chi connectivity index (χ1v) is 12.6. The number of aromatic nitrogens is 3. The monoisotopic (exact) mass is 485 g/mol. The van der Waals surface area contributed by atoms with Crippen molar-refractivity contribution in [1.29, 1.82) is 5.26 Å². The molecule has 6 rings (SSSR count).